The summed E-state index contributed by atoms with van der Waals surface area (Å²) in [5.41, 5.74) is 2.89. The van der Waals surface area contributed by atoms with Gasteiger partial charge in [0.2, 0.25) is 5.91 Å². The monoisotopic (exact) mass is 372 g/mol. The number of aromatic nitrogens is 7. The third-order valence-corrected chi connectivity index (χ3v) is 5.28. The van der Waals surface area contributed by atoms with Crippen molar-refractivity contribution in [3.05, 3.63) is 41.1 Å². The SMILES string of the molecule is O=C(CCn1cnnn1)N1CCC[C@H](c2nccn2Cc2cscn2)C1. The van der Waals surface area contributed by atoms with Gasteiger partial charge in [0.15, 0.2) is 0 Å². The normalized spacial score (nSPS) is 17.5. The number of nitrogens with zero attached hydrogens (tertiary/aromatic N) is 8. The number of tetrazole rings is 1. The fourth-order valence-corrected chi connectivity index (χ4v) is 3.92. The van der Waals surface area contributed by atoms with Gasteiger partial charge in [0.05, 0.1) is 24.3 Å². The predicted molar refractivity (Wildman–Crippen MR) is 94.4 cm³/mol. The topological polar surface area (TPSA) is 94.6 Å². The molecular formula is C16H20N8OS. The maximum Gasteiger partial charge on any atom is 0.224 e. The molecule has 3 aromatic rings. The Bertz CT molecular complexity index is 828. The van der Waals surface area contributed by atoms with E-state index in [1.165, 1.54) is 6.33 Å². The number of imidazole rings is 1. The van der Waals surface area contributed by atoms with Crippen LogP contribution in [0.4, 0.5) is 0 Å². The van der Waals surface area contributed by atoms with Crippen molar-refractivity contribution >= 4 is 17.2 Å². The third kappa shape index (κ3) is 3.79. The average molecular weight is 372 g/mol. The molecule has 0 N–H and O–H groups in total. The van der Waals surface area contributed by atoms with Gasteiger partial charge in [0.25, 0.3) is 0 Å². The minimum absolute atomic E-state index is 0.141. The molecule has 4 heterocycles. The average Bonchev–Trinajstić information content (AvgIpc) is 3.43. The van der Waals surface area contributed by atoms with E-state index in [1.807, 2.05) is 22.8 Å². The summed E-state index contributed by atoms with van der Waals surface area (Å²) in [7, 11) is 0. The Kier molecular flexibility index (Phi) is 5.00. The van der Waals surface area contributed by atoms with E-state index in [0.717, 1.165) is 37.4 Å². The lowest BCUT2D eigenvalue weighted by Gasteiger charge is -2.32. The van der Waals surface area contributed by atoms with E-state index in [-0.39, 0.29) is 11.8 Å². The molecule has 26 heavy (non-hydrogen) atoms. The number of amides is 1. The first-order valence-corrected chi connectivity index (χ1v) is 9.60. The van der Waals surface area contributed by atoms with Crippen LogP contribution in [-0.2, 0) is 17.9 Å². The van der Waals surface area contributed by atoms with Crippen molar-refractivity contribution in [2.45, 2.75) is 38.3 Å². The zero-order valence-electron chi connectivity index (χ0n) is 14.3. The summed E-state index contributed by atoms with van der Waals surface area (Å²) >= 11 is 1.60. The highest BCUT2D eigenvalue weighted by Gasteiger charge is 2.27. The second-order valence-electron chi connectivity index (χ2n) is 6.39. The van der Waals surface area contributed by atoms with E-state index in [2.05, 4.69) is 35.4 Å². The highest BCUT2D eigenvalue weighted by atomic mass is 32.1. The highest BCUT2D eigenvalue weighted by molar-refractivity contribution is 7.07. The van der Waals surface area contributed by atoms with Crippen LogP contribution in [0.1, 0.15) is 36.7 Å². The van der Waals surface area contributed by atoms with Gasteiger partial charge in [-0.2, -0.15) is 0 Å². The van der Waals surface area contributed by atoms with Gasteiger partial charge < -0.3 is 9.47 Å². The van der Waals surface area contributed by atoms with Crippen molar-refractivity contribution in [2.24, 2.45) is 0 Å². The number of rotatable bonds is 6. The number of likely N-dealkylation sites (tertiary alicyclic amines) is 1. The Balaban J connectivity index is 1.39. The number of piperidine rings is 1. The fraction of sp³-hybridized carbons (Fsp3) is 0.500. The van der Waals surface area contributed by atoms with Gasteiger partial charge in [-0.1, -0.05) is 0 Å². The van der Waals surface area contributed by atoms with E-state index >= 15 is 0 Å². The zero-order chi connectivity index (χ0) is 17.8. The molecule has 0 unspecified atom stereocenters. The van der Waals surface area contributed by atoms with Crippen LogP contribution in [0.5, 0.6) is 0 Å². The number of aryl methyl sites for hydroxylation is 1. The first-order chi connectivity index (χ1) is 12.8. The van der Waals surface area contributed by atoms with Crippen molar-refractivity contribution in [3.8, 4) is 0 Å². The van der Waals surface area contributed by atoms with Gasteiger partial charge in [0, 0.05) is 43.2 Å². The zero-order valence-corrected chi connectivity index (χ0v) is 15.1. The lowest BCUT2D eigenvalue weighted by molar-refractivity contribution is -0.132. The second kappa shape index (κ2) is 7.73. The minimum atomic E-state index is 0.141. The molecule has 9 nitrogen and oxygen atoms in total. The van der Waals surface area contributed by atoms with Gasteiger partial charge in [0.1, 0.15) is 12.2 Å². The molecule has 0 spiro atoms. The molecule has 1 saturated heterocycles. The molecule has 0 bridgehead atoms. The summed E-state index contributed by atoms with van der Waals surface area (Å²) in [5.74, 6) is 1.44. The molecule has 1 fully saturated rings. The molecule has 10 heteroatoms. The van der Waals surface area contributed by atoms with Crippen LogP contribution >= 0.6 is 11.3 Å². The Morgan fingerprint density at radius 2 is 2.31 bits per heavy atom. The summed E-state index contributed by atoms with van der Waals surface area (Å²) in [5, 5.41) is 13.0. The van der Waals surface area contributed by atoms with E-state index < -0.39 is 0 Å². The molecule has 1 aliphatic rings. The molecular weight excluding hydrogens is 352 g/mol. The van der Waals surface area contributed by atoms with Crippen LogP contribution in [0, 0.1) is 0 Å². The first kappa shape index (κ1) is 16.8. The summed E-state index contributed by atoms with van der Waals surface area (Å²) in [6.07, 6.45) is 7.80. The molecule has 4 rings (SSSR count). The quantitative estimate of drug-likeness (QED) is 0.645. The standard InChI is InChI=1S/C16H20N8OS/c25-15(3-6-24-11-19-20-21-24)22-5-1-2-13(8-22)16-17-4-7-23(16)9-14-10-26-12-18-14/h4,7,10-13H,1-3,5-6,8-9H2/t13-/m0/s1. The molecule has 0 aromatic carbocycles. The molecule has 3 aromatic heterocycles. The third-order valence-electron chi connectivity index (χ3n) is 4.65. The van der Waals surface area contributed by atoms with Crippen molar-refractivity contribution < 1.29 is 4.79 Å². The van der Waals surface area contributed by atoms with Gasteiger partial charge in [-0.25, -0.2) is 14.6 Å². The van der Waals surface area contributed by atoms with E-state index in [0.29, 0.717) is 19.5 Å². The summed E-state index contributed by atoms with van der Waals surface area (Å²) in [6.45, 7) is 2.74. The van der Waals surface area contributed by atoms with Crippen molar-refractivity contribution in [1.82, 2.24) is 39.6 Å². The maximum absolute atomic E-state index is 12.6. The maximum atomic E-state index is 12.6. The number of hydrogen-bond acceptors (Lipinski definition) is 7. The van der Waals surface area contributed by atoms with Crippen LogP contribution in [0.15, 0.2) is 29.6 Å². The smallest absolute Gasteiger partial charge is 0.224 e. The molecule has 0 radical (unpaired) electrons. The molecule has 136 valence electrons. The summed E-state index contributed by atoms with van der Waals surface area (Å²) in [4.78, 5) is 23.4. The Morgan fingerprint density at radius 1 is 1.35 bits per heavy atom. The van der Waals surface area contributed by atoms with Gasteiger partial charge >= 0.3 is 0 Å². The van der Waals surface area contributed by atoms with Gasteiger partial charge in [-0.3, -0.25) is 4.79 Å². The van der Waals surface area contributed by atoms with Crippen LogP contribution in [0.3, 0.4) is 0 Å². The summed E-state index contributed by atoms with van der Waals surface area (Å²) in [6, 6.07) is 0. The Labute approximate surface area is 154 Å². The largest absolute Gasteiger partial charge is 0.342 e. The molecule has 0 aliphatic carbocycles. The van der Waals surface area contributed by atoms with Crippen molar-refractivity contribution in [2.75, 3.05) is 13.1 Å². The summed E-state index contributed by atoms with van der Waals surface area (Å²) < 4.78 is 3.73. The lowest BCUT2D eigenvalue weighted by Crippen LogP contribution is -2.40. The first-order valence-electron chi connectivity index (χ1n) is 8.66. The van der Waals surface area contributed by atoms with Crippen LogP contribution in [0.25, 0.3) is 0 Å². The fourth-order valence-electron chi connectivity index (χ4n) is 3.37. The number of carbonyl (C=O) groups is 1. The number of hydrogen-bond donors (Lipinski definition) is 0. The van der Waals surface area contributed by atoms with Crippen LogP contribution in [0.2, 0.25) is 0 Å². The lowest BCUT2D eigenvalue weighted by atomic mass is 9.96. The van der Waals surface area contributed by atoms with Gasteiger partial charge in [-0.15, -0.1) is 16.4 Å². The Morgan fingerprint density at radius 3 is 3.12 bits per heavy atom. The second-order valence-corrected chi connectivity index (χ2v) is 7.11. The van der Waals surface area contributed by atoms with Crippen LogP contribution in [-0.4, -0.2) is 58.6 Å². The molecule has 1 atom stereocenters. The van der Waals surface area contributed by atoms with Crippen LogP contribution < -0.4 is 0 Å². The minimum Gasteiger partial charge on any atom is -0.342 e. The van der Waals surface area contributed by atoms with Gasteiger partial charge in [-0.05, 0) is 23.3 Å². The number of carbonyl (C=O) groups excluding carboxylic acids is 1. The van der Waals surface area contributed by atoms with E-state index in [1.54, 1.807) is 16.0 Å². The predicted octanol–water partition coefficient (Wildman–Crippen LogP) is 1.17. The highest BCUT2D eigenvalue weighted by Crippen LogP contribution is 2.26. The van der Waals surface area contributed by atoms with Crippen molar-refractivity contribution in [3.63, 3.8) is 0 Å². The van der Waals surface area contributed by atoms with E-state index in [9.17, 15) is 4.79 Å². The van der Waals surface area contributed by atoms with E-state index in [4.69, 9.17) is 0 Å². The molecule has 1 amide bonds. The molecule has 1 aliphatic heterocycles. The van der Waals surface area contributed by atoms with Crippen molar-refractivity contribution in [1.29, 1.82) is 0 Å². The number of thiazole rings is 1. The Hall–Kier alpha value is -2.62. The molecule has 0 saturated carbocycles.